The van der Waals surface area contributed by atoms with E-state index < -0.39 is 0 Å². The fraction of sp³-hybridized carbons (Fsp3) is 0.400. The van der Waals surface area contributed by atoms with Crippen LogP contribution in [0.4, 0.5) is 0 Å². The maximum atomic E-state index is 11.7. The Labute approximate surface area is 145 Å². The van der Waals surface area contributed by atoms with Crippen molar-refractivity contribution in [3.05, 3.63) is 39.9 Å². The second kappa shape index (κ2) is 8.17. The summed E-state index contributed by atoms with van der Waals surface area (Å²) in [6, 6.07) is 0. The molecule has 0 aliphatic rings. The van der Waals surface area contributed by atoms with E-state index in [1.54, 1.807) is 28.6 Å². The van der Waals surface area contributed by atoms with Crippen LogP contribution < -0.4 is 5.32 Å². The number of rotatable bonds is 7. The molecule has 23 heavy (non-hydrogen) atoms. The molecular formula is C15H19Cl2N5O. The fourth-order valence-corrected chi connectivity index (χ4v) is 2.38. The van der Waals surface area contributed by atoms with Gasteiger partial charge in [0.15, 0.2) is 0 Å². The van der Waals surface area contributed by atoms with Crippen molar-refractivity contribution in [2.75, 3.05) is 6.54 Å². The Morgan fingerprint density at radius 1 is 1.43 bits per heavy atom. The Morgan fingerprint density at radius 2 is 2.22 bits per heavy atom. The smallest absolute Gasteiger partial charge is 0.244 e. The number of nitrogens with zero attached hydrogens (tertiary/aromatic N) is 4. The van der Waals surface area contributed by atoms with Gasteiger partial charge in [0.25, 0.3) is 0 Å². The van der Waals surface area contributed by atoms with Crippen molar-refractivity contribution in [1.82, 2.24) is 24.9 Å². The molecule has 1 amide bonds. The topological polar surface area (TPSA) is 64.7 Å². The molecule has 0 aliphatic heterocycles. The highest BCUT2D eigenvalue weighted by molar-refractivity contribution is 6.41. The molecule has 2 heterocycles. The summed E-state index contributed by atoms with van der Waals surface area (Å²) < 4.78 is 3.44. The second-order valence-corrected chi connectivity index (χ2v) is 5.76. The highest BCUT2D eigenvalue weighted by Gasteiger charge is 2.10. The fourth-order valence-electron chi connectivity index (χ4n) is 1.99. The summed E-state index contributed by atoms with van der Waals surface area (Å²) in [6.07, 6.45) is 7.56. The monoisotopic (exact) mass is 355 g/mol. The lowest BCUT2D eigenvalue weighted by Crippen LogP contribution is -2.23. The van der Waals surface area contributed by atoms with E-state index in [0.29, 0.717) is 35.4 Å². The number of hydrogen-bond acceptors (Lipinski definition) is 3. The number of hydrogen-bond donors (Lipinski definition) is 1. The minimum atomic E-state index is -0.143. The molecule has 0 radical (unpaired) electrons. The number of carbonyl (C=O) groups excluding carboxylic acids is 1. The molecule has 2 aromatic rings. The average Bonchev–Trinajstić information content (AvgIpc) is 3.10. The molecule has 8 heteroatoms. The van der Waals surface area contributed by atoms with E-state index >= 15 is 0 Å². The first kappa shape index (κ1) is 17.6. The van der Waals surface area contributed by atoms with Crippen LogP contribution in [-0.4, -0.2) is 32.0 Å². The summed E-state index contributed by atoms with van der Waals surface area (Å²) in [5, 5.41) is 12.1. The predicted molar refractivity (Wildman–Crippen MR) is 91.5 cm³/mol. The third kappa shape index (κ3) is 4.84. The lowest BCUT2D eigenvalue weighted by atomic mass is 10.3. The lowest BCUT2D eigenvalue weighted by Gasteiger charge is -2.04. The molecule has 0 fully saturated rings. The molecule has 2 aromatic heterocycles. The van der Waals surface area contributed by atoms with Gasteiger partial charge in [-0.3, -0.25) is 14.2 Å². The zero-order valence-electron chi connectivity index (χ0n) is 13.1. The minimum Gasteiger partial charge on any atom is -0.352 e. The van der Waals surface area contributed by atoms with Gasteiger partial charge in [-0.1, -0.05) is 23.2 Å². The lowest BCUT2D eigenvalue weighted by molar-refractivity contribution is -0.116. The van der Waals surface area contributed by atoms with Crippen molar-refractivity contribution in [2.45, 2.75) is 33.4 Å². The Balaban J connectivity index is 1.73. The van der Waals surface area contributed by atoms with E-state index in [1.807, 2.05) is 13.1 Å². The minimum absolute atomic E-state index is 0.143. The number of halogens is 2. The maximum Gasteiger partial charge on any atom is 0.244 e. The van der Waals surface area contributed by atoms with Gasteiger partial charge in [0.05, 0.1) is 11.9 Å². The molecule has 0 aliphatic carbocycles. The highest BCUT2D eigenvalue weighted by atomic mass is 35.5. The summed E-state index contributed by atoms with van der Waals surface area (Å²) in [7, 11) is 0. The molecule has 0 aromatic carbocycles. The van der Waals surface area contributed by atoms with E-state index in [1.165, 1.54) is 6.08 Å². The number of carbonyl (C=O) groups is 1. The van der Waals surface area contributed by atoms with Crippen LogP contribution >= 0.6 is 23.2 Å². The number of aryl methyl sites for hydroxylation is 3. The third-order valence-corrected chi connectivity index (χ3v) is 4.18. The van der Waals surface area contributed by atoms with Gasteiger partial charge in [0.1, 0.15) is 10.2 Å². The van der Waals surface area contributed by atoms with E-state index in [-0.39, 0.29) is 5.91 Å². The van der Waals surface area contributed by atoms with Crippen LogP contribution in [0.3, 0.4) is 0 Å². The molecule has 1 N–H and O–H groups in total. The summed E-state index contributed by atoms with van der Waals surface area (Å²) in [6.45, 7) is 5.75. The van der Waals surface area contributed by atoms with Gasteiger partial charge in [0, 0.05) is 37.5 Å². The van der Waals surface area contributed by atoms with E-state index in [2.05, 4.69) is 15.5 Å². The van der Waals surface area contributed by atoms with Gasteiger partial charge in [0.2, 0.25) is 5.91 Å². The number of amides is 1. The Bertz CT molecular complexity index is 705. The molecule has 0 saturated carbocycles. The van der Waals surface area contributed by atoms with Crippen LogP contribution in [0.2, 0.25) is 10.2 Å². The van der Waals surface area contributed by atoms with Crippen molar-refractivity contribution in [2.24, 2.45) is 0 Å². The highest BCUT2D eigenvalue weighted by Crippen LogP contribution is 2.24. The van der Waals surface area contributed by atoms with Crippen LogP contribution in [0, 0.1) is 6.92 Å². The molecule has 0 saturated heterocycles. The van der Waals surface area contributed by atoms with Gasteiger partial charge in [-0.05, 0) is 26.3 Å². The van der Waals surface area contributed by atoms with E-state index in [9.17, 15) is 4.79 Å². The molecule has 124 valence electrons. The van der Waals surface area contributed by atoms with Crippen LogP contribution in [0.25, 0.3) is 6.08 Å². The first-order valence-electron chi connectivity index (χ1n) is 7.38. The first-order chi connectivity index (χ1) is 11.0. The van der Waals surface area contributed by atoms with Crippen LogP contribution in [-0.2, 0) is 17.9 Å². The molecule has 2 rings (SSSR count). The van der Waals surface area contributed by atoms with Crippen LogP contribution in [0.1, 0.15) is 24.6 Å². The summed E-state index contributed by atoms with van der Waals surface area (Å²) in [4.78, 5) is 11.7. The summed E-state index contributed by atoms with van der Waals surface area (Å²) in [5.74, 6) is -0.143. The SMILES string of the molecule is CCn1cc(/C=C/C(=O)NCCCn2nc(C)c(Cl)c2Cl)cn1. The van der Waals surface area contributed by atoms with E-state index in [4.69, 9.17) is 23.2 Å². The summed E-state index contributed by atoms with van der Waals surface area (Å²) >= 11 is 12.0. The normalized spacial score (nSPS) is 11.3. The van der Waals surface area contributed by atoms with Crippen LogP contribution in [0.5, 0.6) is 0 Å². The molecule has 0 atom stereocenters. The largest absolute Gasteiger partial charge is 0.352 e. The van der Waals surface area contributed by atoms with E-state index in [0.717, 1.165) is 12.1 Å². The molecule has 0 bridgehead atoms. The third-order valence-electron chi connectivity index (χ3n) is 3.25. The van der Waals surface area contributed by atoms with Crippen molar-refractivity contribution in [3.63, 3.8) is 0 Å². The number of aromatic nitrogens is 4. The van der Waals surface area contributed by atoms with Crippen molar-refractivity contribution in [3.8, 4) is 0 Å². The maximum absolute atomic E-state index is 11.7. The second-order valence-electron chi connectivity index (χ2n) is 5.02. The van der Waals surface area contributed by atoms with Gasteiger partial charge in [-0.2, -0.15) is 10.2 Å². The van der Waals surface area contributed by atoms with Crippen molar-refractivity contribution < 1.29 is 4.79 Å². The van der Waals surface area contributed by atoms with Crippen LogP contribution in [0.15, 0.2) is 18.5 Å². The quantitative estimate of drug-likeness (QED) is 0.613. The Hall–Kier alpha value is -1.79. The van der Waals surface area contributed by atoms with Gasteiger partial charge in [-0.15, -0.1) is 0 Å². The predicted octanol–water partition coefficient (Wildman–Crippen LogP) is 2.93. The molecule has 0 unspecified atom stereocenters. The zero-order chi connectivity index (χ0) is 16.8. The zero-order valence-corrected chi connectivity index (χ0v) is 14.6. The van der Waals surface area contributed by atoms with Gasteiger partial charge < -0.3 is 5.32 Å². The van der Waals surface area contributed by atoms with Crippen molar-refractivity contribution >= 4 is 35.2 Å². The summed E-state index contributed by atoms with van der Waals surface area (Å²) in [5.41, 5.74) is 1.60. The van der Waals surface area contributed by atoms with Gasteiger partial charge in [-0.25, -0.2) is 0 Å². The van der Waals surface area contributed by atoms with Crippen molar-refractivity contribution in [1.29, 1.82) is 0 Å². The molecule has 6 nitrogen and oxygen atoms in total. The van der Waals surface area contributed by atoms with Gasteiger partial charge >= 0.3 is 0 Å². The first-order valence-corrected chi connectivity index (χ1v) is 8.13. The molecular weight excluding hydrogens is 337 g/mol. The Kier molecular flexibility index (Phi) is 6.24. The standard InChI is InChI=1S/C15H19Cl2N5O/c1-3-21-10-12(9-19-21)5-6-13(23)18-7-4-8-22-15(17)14(16)11(2)20-22/h5-6,9-10H,3-4,7-8H2,1-2H3,(H,18,23)/b6-5+. The average molecular weight is 356 g/mol. The number of nitrogens with one attached hydrogen (secondary N) is 1. The molecule has 0 spiro atoms. The Morgan fingerprint density at radius 3 is 2.83 bits per heavy atom.